The van der Waals surface area contributed by atoms with Crippen LogP contribution < -0.4 is 5.73 Å². The van der Waals surface area contributed by atoms with E-state index in [1.807, 2.05) is 29.8 Å². The third-order valence-corrected chi connectivity index (χ3v) is 3.78. The third-order valence-electron chi connectivity index (χ3n) is 3.78. The van der Waals surface area contributed by atoms with Gasteiger partial charge >= 0.3 is 0 Å². The van der Waals surface area contributed by atoms with Gasteiger partial charge < -0.3 is 10.5 Å². The van der Waals surface area contributed by atoms with E-state index in [1.165, 1.54) is 0 Å². The van der Waals surface area contributed by atoms with E-state index in [0.717, 1.165) is 55.2 Å². The molecule has 0 amide bonds. The van der Waals surface area contributed by atoms with Crippen molar-refractivity contribution in [3.05, 3.63) is 23.8 Å². The zero-order chi connectivity index (χ0) is 13.9. The maximum absolute atomic E-state index is 6.14. The molecule has 1 aliphatic rings. The molecule has 106 valence electrons. The average molecular weight is 273 g/mol. The number of tetrazole rings is 1. The summed E-state index contributed by atoms with van der Waals surface area (Å²) in [6, 6.07) is 5.92. The molecule has 0 radical (unpaired) electrons. The van der Waals surface area contributed by atoms with E-state index in [2.05, 4.69) is 15.5 Å². The molecule has 6 heteroatoms. The highest BCUT2D eigenvalue weighted by Crippen LogP contribution is 2.27. The van der Waals surface area contributed by atoms with Crippen molar-refractivity contribution in [3.8, 4) is 11.4 Å². The van der Waals surface area contributed by atoms with Crippen LogP contribution in [0.3, 0.4) is 0 Å². The first-order chi connectivity index (χ1) is 9.75. The van der Waals surface area contributed by atoms with Crippen LogP contribution in [-0.2, 0) is 11.3 Å². The molecule has 1 aromatic heterocycles. The smallest absolute Gasteiger partial charge is 0.184 e. The Bertz CT molecular complexity index is 589. The van der Waals surface area contributed by atoms with Crippen molar-refractivity contribution in [2.24, 2.45) is 5.92 Å². The quantitative estimate of drug-likeness (QED) is 0.860. The van der Waals surface area contributed by atoms with Crippen LogP contribution in [0.1, 0.15) is 18.4 Å². The van der Waals surface area contributed by atoms with Crippen LogP contribution >= 0.6 is 0 Å². The summed E-state index contributed by atoms with van der Waals surface area (Å²) in [5.41, 5.74) is 8.82. The van der Waals surface area contributed by atoms with Gasteiger partial charge in [-0.25, -0.2) is 4.68 Å². The first-order valence-electron chi connectivity index (χ1n) is 6.95. The number of ether oxygens (including phenoxy) is 1. The Kier molecular flexibility index (Phi) is 3.64. The van der Waals surface area contributed by atoms with E-state index in [1.54, 1.807) is 0 Å². The van der Waals surface area contributed by atoms with Gasteiger partial charge in [-0.3, -0.25) is 0 Å². The van der Waals surface area contributed by atoms with Gasteiger partial charge in [0.05, 0.1) is 13.2 Å². The van der Waals surface area contributed by atoms with Gasteiger partial charge in [0.1, 0.15) is 0 Å². The molecule has 0 aliphatic carbocycles. The lowest BCUT2D eigenvalue weighted by Gasteiger charge is -2.22. The van der Waals surface area contributed by atoms with E-state index in [4.69, 9.17) is 10.5 Å². The number of aromatic nitrogens is 4. The highest BCUT2D eigenvalue weighted by molar-refractivity contribution is 5.73. The third kappa shape index (κ3) is 2.51. The lowest BCUT2D eigenvalue weighted by molar-refractivity contribution is 0.0470. The van der Waals surface area contributed by atoms with Crippen LogP contribution in [0.25, 0.3) is 11.4 Å². The van der Waals surface area contributed by atoms with E-state index < -0.39 is 0 Å². The first kappa shape index (κ1) is 13.1. The fraction of sp³-hybridized carbons (Fsp3) is 0.500. The summed E-state index contributed by atoms with van der Waals surface area (Å²) in [7, 11) is 0. The summed E-state index contributed by atoms with van der Waals surface area (Å²) in [4.78, 5) is 0. The maximum Gasteiger partial charge on any atom is 0.184 e. The number of aryl methyl sites for hydroxylation is 1. The van der Waals surface area contributed by atoms with Crippen LogP contribution in [-0.4, -0.2) is 33.4 Å². The zero-order valence-electron chi connectivity index (χ0n) is 11.6. The predicted molar refractivity (Wildman–Crippen MR) is 75.9 cm³/mol. The molecule has 1 aliphatic heterocycles. The second-order valence-electron chi connectivity index (χ2n) is 5.30. The number of nitrogens with two attached hydrogens (primary N) is 1. The Hall–Kier alpha value is -1.95. The Balaban J connectivity index is 1.87. The fourth-order valence-corrected chi connectivity index (χ4v) is 2.59. The minimum atomic E-state index is 0.469. The molecular formula is C14H19N5O. The number of rotatable bonds is 3. The summed E-state index contributed by atoms with van der Waals surface area (Å²) < 4.78 is 7.35. The van der Waals surface area contributed by atoms with Crippen molar-refractivity contribution in [1.82, 2.24) is 20.2 Å². The van der Waals surface area contributed by atoms with Crippen LogP contribution in [0.4, 0.5) is 5.69 Å². The Morgan fingerprint density at radius 1 is 1.45 bits per heavy atom. The minimum Gasteiger partial charge on any atom is -0.398 e. The fourth-order valence-electron chi connectivity index (χ4n) is 2.59. The van der Waals surface area contributed by atoms with Gasteiger partial charge in [-0.05, 0) is 41.8 Å². The molecule has 3 rings (SSSR count). The van der Waals surface area contributed by atoms with Crippen LogP contribution in [0.15, 0.2) is 18.2 Å². The molecule has 1 aromatic carbocycles. The summed E-state index contributed by atoms with van der Waals surface area (Å²) in [6.45, 7) is 4.41. The van der Waals surface area contributed by atoms with Gasteiger partial charge in [-0.2, -0.15) is 0 Å². The molecule has 2 N–H and O–H groups in total. The highest BCUT2D eigenvalue weighted by atomic mass is 16.5. The molecule has 0 saturated carbocycles. The maximum atomic E-state index is 6.14. The summed E-state index contributed by atoms with van der Waals surface area (Å²) in [6.07, 6.45) is 2.26. The molecule has 2 aromatic rings. The predicted octanol–water partition coefficient (Wildman–Crippen LogP) is 1.66. The Morgan fingerprint density at radius 3 is 3.15 bits per heavy atom. The summed E-state index contributed by atoms with van der Waals surface area (Å²) in [5, 5.41) is 12.0. The van der Waals surface area contributed by atoms with Gasteiger partial charge in [-0.15, -0.1) is 5.10 Å². The van der Waals surface area contributed by atoms with Gasteiger partial charge in [0.15, 0.2) is 5.82 Å². The lowest BCUT2D eigenvalue weighted by atomic mass is 10.0. The van der Waals surface area contributed by atoms with Crippen molar-refractivity contribution >= 4 is 5.69 Å². The molecule has 6 nitrogen and oxygen atoms in total. The van der Waals surface area contributed by atoms with Crippen molar-refractivity contribution < 1.29 is 4.74 Å². The first-order valence-corrected chi connectivity index (χ1v) is 6.95. The van der Waals surface area contributed by atoms with E-state index in [0.29, 0.717) is 5.92 Å². The molecule has 1 atom stereocenters. The molecule has 1 fully saturated rings. The summed E-state index contributed by atoms with van der Waals surface area (Å²) >= 11 is 0. The number of nitrogen functional groups attached to an aromatic ring is 1. The highest BCUT2D eigenvalue weighted by Gasteiger charge is 2.19. The Labute approximate surface area is 117 Å². The van der Waals surface area contributed by atoms with Crippen molar-refractivity contribution in [3.63, 3.8) is 0 Å². The number of hydrogen-bond acceptors (Lipinski definition) is 5. The minimum absolute atomic E-state index is 0.469. The molecular weight excluding hydrogens is 254 g/mol. The molecule has 1 unspecified atom stereocenters. The molecule has 0 bridgehead atoms. The number of nitrogens with zero attached hydrogens (tertiary/aromatic N) is 4. The van der Waals surface area contributed by atoms with E-state index in [-0.39, 0.29) is 0 Å². The van der Waals surface area contributed by atoms with Crippen molar-refractivity contribution in [2.45, 2.75) is 26.3 Å². The lowest BCUT2D eigenvalue weighted by Crippen LogP contribution is -2.23. The number of para-hydroxylation sites is 1. The molecule has 20 heavy (non-hydrogen) atoms. The average Bonchev–Trinajstić information content (AvgIpc) is 2.91. The van der Waals surface area contributed by atoms with Crippen molar-refractivity contribution in [1.29, 1.82) is 0 Å². The van der Waals surface area contributed by atoms with Gasteiger partial charge in [0, 0.05) is 23.8 Å². The molecule has 1 saturated heterocycles. The molecule has 2 heterocycles. The van der Waals surface area contributed by atoms with Gasteiger partial charge in [0.2, 0.25) is 0 Å². The summed E-state index contributed by atoms with van der Waals surface area (Å²) in [5.74, 6) is 1.20. The standard InChI is InChI=1S/C14H19N5O/c1-10-4-2-6-12(13(10)15)14-16-17-18-19(14)8-11-5-3-7-20-9-11/h2,4,6,11H,3,5,7-9,15H2,1H3. The van der Waals surface area contributed by atoms with Gasteiger partial charge in [0.25, 0.3) is 0 Å². The van der Waals surface area contributed by atoms with Crippen LogP contribution in [0.5, 0.6) is 0 Å². The van der Waals surface area contributed by atoms with Crippen molar-refractivity contribution in [2.75, 3.05) is 18.9 Å². The number of anilines is 1. The van der Waals surface area contributed by atoms with E-state index >= 15 is 0 Å². The molecule has 0 spiro atoms. The number of benzene rings is 1. The SMILES string of the molecule is Cc1cccc(-c2nnnn2CC2CCCOC2)c1N. The van der Waals surface area contributed by atoms with Crippen LogP contribution in [0, 0.1) is 12.8 Å². The normalized spacial score (nSPS) is 19.1. The van der Waals surface area contributed by atoms with Gasteiger partial charge in [-0.1, -0.05) is 12.1 Å². The second kappa shape index (κ2) is 5.58. The van der Waals surface area contributed by atoms with E-state index in [9.17, 15) is 0 Å². The number of hydrogen-bond donors (Lipinski definition) is 1. The topological polar surface area (TPSA) is 78.8 Å². The largest absolute Gasteiger partial charge is 0.398 e. The van der Waals surface area contributed by atoms with Crippen LogP contribution in [0.2, 0.25) is 0 Å². The zero-order valence-corrected chi connectivity index (χ0v) is 11.6. The second-order valence-corrected chi connectivity index (χ2v) is 5.30. The Morgan fingerprint density at radius 2 is 2.35 bits per heavy atom. The monoisotopic (exact) mass is 273 g/mol.